The number of pyridine rings is 1. The first-order chi connectivity index (χ1) is 7.70. The molecule has 0 aliphatic rings. The van der Waals surface area contributed by atoms with Gasteiger partial charge in [-0.15, -0.1) is 0 Å². The summed E-state index contributed by atoms with van der Waals surface area (Å²) in [7, 11) is 1.40. The van der Waals surface area contributed by atoms with E-state index >= 15 is 0 Å². The third kappa shape index (κ3) is 1.95. The van der Waals surface area contributed by atoms with E-state index in [1.54, 1.807) is 24.4 Å². The lowest BCUT2D eigenvalue weighted by Gasteiger charge is -2.05. The fraction of sp³-hybridized carbons (Fsp3) is 0.0833. The highest BCUT2D eigenvalue weighted by atomic mass is 19.1. The highest BCUT2D eigenvalue weighted by molar-refractivity contribution is 5.64. The quantitative estimate of drug-likeness (QED) is 0.841. The zero-order chi connectivity index (χ0) is 11.5. The summed E-state index contributed by atoms with van der Waals surface area (Å²) >= 11 is 0. The van der Waals surface area contributed by atoms with Gasteiger partial charge < -0.3 is 9.72 Å². The van der Waals surface area contributed by atoms with E-state index in [0.29, 0.717) is 0 Å². The van der Waals surface area contributed by atoms with Crippen molar-refractivity contribution in [3.05, 3.63) is 52.7 Å². The molecular formula is C12H10FNO2. The molecule has 2 rings (SSSR count). The molecule has 0 amide bonds. The molecule has 4 heteroatoms. The van der Waals surface area contributed by atoms with E-state index in [4.69, 9.17) is 4.74 Å². The number of H-pyrrole nitrogens is 1. The third-order valence-corrected chi connectivity index (χ3v) is 2.26. The number of benzene rings is 1. The summed E-state index contributed by atoms with van der Waals surface area (Å²) < 4.78 is 18.0. The van der Waals surface area contributed by atoms with E-state index in [2.05, 4.69) is 4.98 Å². The SMILES string of the molecule is COc1cc(-c2cc[nH]c(=O)c2)ccc1F. The average Bonchev–Trinajstić information content (AvgIpc) is 2.29. The Hall–Kier alpha value is -2.10. The normalized spacial score (nSPS) is 10.1. The maximum atomic E-state index is 13.2. The second kappa shape index (κ2) is 4.18. The third-order valence-electron chi connectivity index (χ3n) is 2.26. The van der Waals surface area contributed by atoms with Crippen LogP contribution in [0.25, 0.3) is 11.1 Å². The molecule has 0 aliphatic carbocycles. The van der Waals surface area contributed by atoms with Gasteiger partial charge in [0.25, 0.3) is 0 Å². The number of hydrogen-bond donors (Lipinski definition) is 1. The Morgan fingerprint density at radius 3 is 2.62 bits per heavy atom. The lowest BCUT2D eigenvalue weighted by Crippen LogP contribution is -2.02. The van der Waals surface area contributed by atoms with Crippen molar-refractivity contribution in [1.82, 2.24) is 4.98 Å². The Morgan fingerprint density at radius 2 is 1.94 bits per heavy atom. The van der Waals surface area contributed by atoms with Crippen LogP contribution in [0.5, 0.6) is 5.75 Å². The topological polar surface area (TPSA) is 42.1 Å². The van der Waals surface area contributed by atoms with Crippen LogP contribution in [0.4, 0.5) is 4.39 Å². The van der Waals surface area contributed by atoms with Gasteiger partial charge in [0.15, 0.2) is 11.6 Å². The lowest BCUT2D eigenvalue weighted by molar-refractivity contribution is 0.387. The molecule has 0 bridgehead atoms. The molecule has 3 nitrogen and oxygen atoms in total. The van der Waals surface area contributed by atoms with E-state index in [1.807, 2.05) is 0 Å². The van der Waals surface area contributed by atoms with Gasteiger partial charge in [0, 0.05) is 12.3 Å². The molecule has 1 aromatic heterocycles. The smallest absolute Gasteiger partial charge is 0.248 e. The number of rotatable bonds is 2. The Bertz CT molecular complexity index is 563. The van der Waals surface area contributed by atoms with Crippen molar-refractivity contribution >= 4 is 0 Å². The van der Waals surface area contributed by atoms with Crippen molar-refractivity contribution in [2.75, 3.05) is 7.11 Å². The van der Waals surface area contributed by atoms with Crippen molar-refractivity contribution in [2.24, 2.45) is 0 Å². The highest BCUT2D eigenvalue weighted by Gasteiger charge is 2.05. The average molecular weight is 219 g/mol. The molecule has 0 saturated heterocycles. The molecule has 0 unspecified atom stereocenters. The molecule has 0 spiro atoms. The number of methoxy groups -OCH3 is 1. The van der Waals surface area contributed by atoms with Gasteiger partial charge in [-0.25, -0.2) is 4.39 Å². The van der Waals surface area contributed by atoms with Crippen LogP contribution in [0, 0.1) is 5.82 Å². The van der Waals surface area contributed by atoms with Gasteiger partial charge in [-0.2, -0.15) is 0 Å². The fourth-order valence-corrected chi connectivity index (χ4v) is 1.46. The summed E-state index contributed by atoms with van der Waals surface area (Å²) in [6.07, 6.45) is 1.55. The molecule has 0 radical (unpaired) electrons. The van der Waals surface area contributed by atoms with E-state index in [1.165, 1.54) is 19.2 Å². The van der Waals surface area contributed by atoms with Crippen LogP contribution in [-0.4, -0.2) is 12.1 Å². The van der Waals surface area contributed by atoms with Crippen molar-refractivity contribution in [1.29, 1.82) is 0 Å². The minimum absolute atomic E-state index is 0.165. The van der Waals surface area contributed by atoms with Gasteiger partial charge in [-0.05, 0) is 29.3 Å². The summed E-state index contributed by atoms with van der Waals surface area (Å²) in [5.41, 5.74) is 1.27. The molecular weight excluding hydrogens is 209 g/mol. The number of nitrogens with one attached hydrogen (secondary N) is 1. The number of hydrogen-bond acceptors (Lipinski definition) is 2. The van der Waals surface area contributed by atoms with Gasteiger partial charge in [-0.3, -0.25) is 4.79 Å². The molecule has 2 aromatic rings. The van der Waals surface area contributed by atoms with E-state index in [0.717, 1.165) is 11.1 Å². The standard InChI is InChI=1S/C12H10FNO2/c1-16-11-6-8(2-3-10(11)13)9-4-5-14-12(15)7-9/h2-7H,1H3,(H,14,15). The minimum atomic E-state index is -0.420. The first-order valence-corrected chi connectivity index (χ1v) is 4.73. The van der Waals surface area contributed by atoms with Crippen LogP contribution in [0.2, 0.25) is 0 Å². The first-order valence-electron chi connectivity index (χ1n) is 4.73. The van der Waals surface area contributed by atoms with E-state index < -0.39 is 5.82 Å². The van der Waals surface area contributed by atoms with Crippen LogP contribution in [0.15, 0.2) is 41.3 Å². The minimum Gasteiger partial charge on any atom is -0.494 e. The lowest BCUT2D eigenvalue weighted by atomic mass is 10.1. The predicted octanol–water partition coefficient (Wildman–Crippen LogP) is 2.19. The molecule has 0 saturated carbocycles. The summed E-state index contributed by atoms with van der Waals surface area (Å²) in [6, 6.07) is 7.67. The Balaban J connectivity index is 2.52. The molecule has 1 heterocycles. The monoisotopic (exact) mass is 219 g/mol. The van der Waals surface area contributed by atoms with Crippen LogP contribution in [-0.2, 0) is 0 Å². The van der Waals surface area contributed by atoms with Gasteiger partial charge >= 0.3 is 0 Å². The molecule has 1 aromatic carbocycles. The first kappa shape index (κ1) is 10.4. The van der Waals surface area contributed by atoms with Crippen molar-refractivity contribution in [3.8, 4) is 16.9 Å². The number of ether oxygens (including phenoxy) is 1. The maximum absolute atomic E-state index is 13.2. The van der Waals surface area contributed by atoms with Crippen molar-refractivity contribution in [2.45, 2.75) is 0 Å². The molecule has 0 fully saturated rings. The van der Waals surface area contributed by atoms with Crippen LogP contribution >= 0.6 is 0 Å². The van der Waals surface area contributed by atoms with Crippen LogP contribution < -0.4 is 10.3 Å². The van der Waals surface area contributed by atoms with Crippen LogP contribution in [0.3, 0.4) is 0 Å². The zero-order valence-electron chi connectivity index (χ0n) is 8.66. The predicted molar refractivity (Wildman–Crippen MR) is 59.0 cm³/mol. The number of aromatic amines is 1. The molecule has 1 N–H and O–H groups in total. The summed E-state index contributed by atoms with van der Waals surface area (Å²) in [5, 5.41) is 0. The van der Waals surface area contributed by atoms with Crippen molar-refractivity contribution < 1.29 is 9.13 Å². The molecule has 0 aliphatic heterocycles. The summed E-state index contributed by atoms with van der Waals surface area (Å²) in [5.74, 6) is -0.256. The van der Waals surface area contributed by atoms with Gasteiger partial charge in [0.05, 0.1) is 7.11 Å². The fourth-order valence-electron chi connectivity index (χ4n) is 1.46. The van der Waals surface area contributed by atoms with Gasteiger partial charge in [-0.1, -0.05) is 6.07 Å². The highest BCUT2D eigenvalue weighted by Crippen LogP contribution is 2.25. The Kier molecular flexibility index (Phi) is 2.72. The van der Waals surface area contributed by atoms with E-state index in [9.17, 15) is 9.18 Å². The second-order valence-electron chi connectivity index (χ2n) is 3.29. The summed E-state index contributed by atoms with van der Waals surface area (Å²) in [4.78, 5) is 13.6. The number of halogens is 1. The maximum Gasteiger partial charge on any atom is 0.248 e. The summed E-state index contributed by atoms with van der Waals surface area (Å²) in [6.45, 7) is 0. The van der Waals surface area contributed by atoms with Gasteiger partial charge in [0.1, 0.15) is 0 Å². The van der Waals surface area contributed by atoms with Gasteiger partial charge in [0.2, 0.25) is 5.56 Å². The number of aromatic nitrogens is 1. The molecule has 0 atom stereocenters. The Labute approximate surface area is 91.5 Å². The van der Waals surface area contributed by atoms with Crippen molar-refractivity contribution in [3.63, 3.8) is 0 Å². The zero-order valence-corrected chi connectivity index (χ0v) is 8.66. The molecule has 82 valence electrons. The Morgan fingerprint density at radius 1 is 1.19 bits per heavy atom. The molecule has 16 heavy (non-hydrogen) atoms. The van der Waals surface area contributed by atoms with Crippen LogP contribution in [0.1, 0.15) is 0 Å². The second-order valence-corrected chi connectivity index (χ2v) is 3.29. The van der Waals surface area contributed by atoms with E-state index in [-0.39, 0.29) is 11.3 Å². The largest absolute Gasteiger partial charge is 0.494 e.